The molecule has 1 aliphatic rings. The van der Waals surface area contributed by atoms with Crippen LogP contribution in [-0.2, 0) is 6.42 Å². The Morgan fingerprint density at radius 2 is 2.23 bits per heavy atom. The van der Waals surface area contributed by atoms with Crippen molar-refractivity contribution >= 4 is 0 Å². The minimum absolute atomic E-state index is 0.174. The van der Waals surface area contributed by atoms with Gasteiger partial charge in [-0.1, -0.05) is 13.8 Å². The molecule has 0 spiro atoms. The van der Waals surface area contributed by atoms with Gasteiger partial charge in [0.05, 0.1) is 0 Å². The highest BCUT2D eigenvalue weighted by atomic mass is 19.1. The van der Waals surface area contributed by atoms with Crippen molar-refractivity contribution in [3.8, 4) is 5.75 Å². The van der Waals surface area contributed by atoms with Crippen molar-refractivity contribution in [1.29, 1.82) is 0 Å². The molecule has 0 bridgehead atoms. The van der Waals surface area contributed by atoms with Crippen molar-refractivity contribution in [3.05, 3.63) is 29.6 Å². The maximum Gasteiger partial charge on any atom is 0.123 e. The van der Waals surface area contributed by atoms with E-state index in [1.807, 2.05) is 0 Å². The predicted octanol–water partition coefficient (Wildman–Crippen LogP) is 2.79. The first-order valence-electron chi connectivity index (χ1n) is 4.62. The molecule has 13 heavy (non-hydrogen) atoms. The fraction of sp³-hybridized carbons (Fsp3) is 0.455. The first kappa shape index (κ1) is 8.54. The largest absolute Gasteiger partial charge is 0.490 e. The Morgan fingerprint density at radius 1 is 1.46 bits per heavy atom. The van der Waals surface area contributed by atoms with E-state index in [9.17, 15) is 4.39 Å². The zero-order valence-electron chi connectivity index (χ0n) is 7.88. The number of fused-ring (bicyclic) bond motifs is 1. The van der Waals surface area contributed by atoms with Crippen LogP contribution in [0.3, 0.4) is 0 Å². The van der Waals surface area contributed by atoms with Gasteiger partial charge in [-0.05, 0) is 24.1 Å². The Kier molecular flexibility index (Phi) is 1.98. The fourth-order valence-corrected chi connectivity index (χ4v) is 1.62. The second-order valence-electron chi connectivity index (χ2n) is 3.86. The van der Waals surface area contributed by atoms with Gasteiger partial charge in [0, 0.05) is 12.0 Å². The van der Waals surface area contributed by atoms with E-state index in [0.29, 0.717) is 5.92 Å². The minimum atomic E-state index is -0.174. The van der Waals surface area contributed by atoms with E-state index in [4.69, 9.17) is 4.74 Å². The SMILES string of the molecule is CC(C)C1Cc2cc(F)ccc2O1. The highest BCUT2D eigenvalue weighted by Crippen LogP contribution is 2.31. The molecule has 1 heterocycles. The first-order valence-corrected chi connectivity index (χ1v) is 4.62. The molecule has 0 N–H and O–H groups in total. The van der Waals surface area contributed by atoms with Crippen molar-refractivity contribution in [3.63, 3.8) is 0 Å². The van der Waals surface area contributed by atoms with Gasteiger partial charge in [0.25, 0.3) is 0 Å². The quantitative estimate of drug-likeness (QED) is 0.645. The van der Waals surface area contributed by atoms with Crippen molar-refractivity contribution in [1.82, 2.24) is 0 Å². The van der Waals surface area contributed by atoms with Gasteiger partial charge in [0.2, 0.25) is 0 Å². The average Bonchev–Trinajstić information content (AvgIpc) is 2.46. The molecule has 0 saturated carbocycles. The monoisotopic (exact) mass is 180 g/mol. The summed E-state index contributed by atoms with van der Waals surface area (Å²) >= 11 is 0. The fourth-order valence-electron chi connectivity index (χ4n) is 1.62. The number of halogens is 1. The van der Waals surface area contributed by atoms with Crippen LogP contribution in [0.1, 0.15) is 19.4 Å². The standard InChI is InChI=1S/C11H13FO/c1-7(2)11-6-8-5-9(12)3-4-10(8)13-11/h3-5,7,11H,6H2,1-2H3. The van der Waals surface area contributed by atoms with Gasteiger partial charge in [-0.3, -0.25) is 0 Å². The zero-order valence-corrected chi connectivity index (χ0v) is 7.88. The molecule has 0 fully saturated rings. The topological polar surface area (TPSA) is 9.23 Å². The summed E-state index contributed by atoms with van der Waals surface area (Å²) in [5.74, 6) is 1.15. The summed E-state index contributed by atoms with van der Waals surface area (Å²) < 4.78 is 18.5. The van der Waals surface area contributed by atoms with Gasteiger partial charge in [-0.15, -0.1) is 0 Å². The van der Waals surface area contributed by atoms with E-state index >= 15 is 0 Å². The number of ether oxygens (including phenoxy) is 1. The van der Waals surface area contributed by atoms with Crippen LogP contribution in [0.5, 0.6) is 5.75 Å². The third-order valence-corrected chi connectivity index (χ3v) is 2.47. The molecule has 2 heteroatoms. The molecule has 1 aliphatic heterocycles. The maximum absolute atomic E-state index is 12.8. The van der Waals surface area contributed by atoms with Gasteiger partial charge in [0.1, 0.15) is 17.7 Å². The Bertz CT molecular complexity index is 320. The molecular formula is C11H13FO. The molecule has 2 rings (SSSR count). The van der Waals surface area contributed by atoms with Gasteiger partial charge in [0.15, 0.2) is 0 Å². The van der Waals surface area contributed by atoms with E-state index in [0.717, 1.165) is 17.7 Å². The third kappa shape index (κ3) is 1.53. The van der Waals surface area contributed by atoms with Crippen LogP contribution in [0, 0.1) is 11.7 Å². The van der Waals surface area contributed by atoms with E-state index in [-0.39, 0.29) is 11.9 Å². The van der Waals surface area contributed by atoms with Crippen LogP contribution in [0.15, 0.2) is 18.2 Å². The van der Waals surface area contributed by atoms with Crippen LogP contribution in [0.4, 0.5) is 4.39 Å². The van der Waals surface area contributed by atoms with E-state index in [2.05, 4.69) is 13.8 Å². The molecule has 0 amide bonds. The Morgan fingerprint density at radius 3 is 2.92 bits per heavy atom. The molecule has 1 aromatic rings. The van der Waals surface area contributed by atoms with Gasteiger partial charge in [-0.25, -0.2) is 4.39 Å². The van der Waals surface area contributed by atoms with E-state index in [1.54, 1.807) is 12.1 Å². The molecule has 1 atom stereocenters. The molecule has 0 aliphatic carbocycles. The summed E-state index contributed by atoms with van der Waals surface area (Å²) in [4.78, 5) is 0. The lowest BCUT2D eigenvalue weighted by Gasteiger charge is -2.13. The summed E-state index contributed by atoms with van der Waals surface area (Å²) in [7, 11) is 0. The highest BCUT2D eigenvalue weighted by molar-refractivity contribution is 5.37. The average molecular weight is 180 g/mol. The molecular weight excluding hydrogens is 167 g/mol. The number of rotatable bonds is 1. The third-order valence-electron chi connectivity index (χ3n) is 2.47. The highest BCUT2D eigenvalue weighted by Gasteiger charge is 2.25. The second kappa shape index (κ2) is 3.02. The van der Waals surface area contributed by atoms with Gasteiger partial charge < -0.3 is 4.74 Å². The Hall–Kier alpha value is -1.05. The van der Waals surface area contributed by atoms with Crippen LogP contribution < -0.4 is 4.74 Å². The van der Waals surface area contributed by atoms with Gasteiger partial charge in [-0.2, -0.15) is 0 Å². The van der Waals surface area contributed by atoms with E-state index < -0.39 is 0 Å². The predicted molar refractivity (Wildman–Crippen MR) is 49.4 cm³/mol. The normalized spacial score (nSPS) is 20.2. The minimum Gasteiger partial charge on any atom is -0.490 e. The Balaban J connectivity index is 2.25. The number of benzene rings is 1. The molecule has 1 aromatic carbocycles. The lowest BCUT2D eigenvalue weighted by Crippen LogP contribution is -2.19. The lowest BCUT2D eigenvalue weighted by molar-refractivity contribution is 0.178. The summed E-state index contributed by atoms with van der Waals surface area (Å²) in [6.45, 7) is 4.24. The molecule has 1 unspecified atom stereocenters. The summed E-state index contributed by atoms with van der Waals surface area (Å²) in [6, 6.07) is 4.73. The maximum atomic E-state index is 12.8. The van der Waals surface area contributed by atoms with Crippen molar-refractivity contribution in [2.24, 2.45) is 5.92 Å². The first-order chi connectivity index (χ1) is 6.16. The molecule has 0 saturated heterocycles. The number of hydrogen-bond acceptors (Lipinski definition) is 1. The van der Waals surface area contributed by atoms with E-state index in [1.165, 1.54) is 6.07 Å². The summed E-state index contributed by atoms with van der Waals surface area (Å²) in [6.07, 6.45) is 1.06. The van der Waals surface area contributed by atoms with Crippen molar-refractivity contribution in [2.75, 3.05) is 0 Å². The zero-order chi connectivity index (χ0) is 9.42. The van der Waals surface area contributed by atoms with Crippen LogP contribution >= 0.6 is 0 Å². The van der Waals surface area contributed by atoms with Crippen molar-refractivity contribution in [2.45, 2.75) is 26.4 Å². The lowest BCUT2D eigenvalue weighted by atomic mass is 10.0. The molecule has 0 radical (unpaired) electrons. The summed E-state index contributed by atoms with van der Waals surface area (Å²) in [5.41, 5.74) is 0.999. The molecule has 1 nitrogen and oxygen atoms in total. The molecule has 0 aromatic heterocycles. The molecule has 70 valence electrons. The van der Waals surface area contributed by atoms with Crippen LogP contribution in [-0.4, -0.2) is 6.10 Å². The van der Waals surface area contributed by atoms with Crippen LogP contribution in [0.25, 0.3) is 0 Å². The van der Waals surface area contributed by atoms with Gasteiger partial charge >= 0.3 is 0 Å². The smallest absolute Gasteiger partial charge is 0.123 e. The van der Waals surface area contributed by atoms with Crippen molar-refractivity contribution < 1.29 is 9.13 Å². The Labute approximate surface area is 77.5 Å². The van der Waals surface area contributed by atoms with Crippen LogP contribution in [0.2, 0.25) is 0 Å². The summed E-state index contributed by atoms with van der Waals surface area (Å²) in [5, 5.41) is 0. The number of hydrogen-bond donors (Lipinski definition) is 0. The second-order valence-corrected chi connectivity index (χ2v) is 3.86.